The van der Waals surface area contributed by atoms with Gasteiger partial charge in [0.2, 0.25) is 5.95 Å². The molecule has 1 fully saturated rings. The molecule has 0 saturated carbocycles. The van der Waals surface area contributed by atoms with Gasteiger partial charge in [-0.05, 0) is 38.7 Å². The van der Waals surface area contributed by atoms with Gasteiger partial charge in [0, 0.05) is 31.0 Å². The van der Waals surface area contributed by atoms with E-state index in [0.29, 0.717) is 5.92 Å². The summed E-state index contributed by atoms with van der Waals surface area (Å²) < 4.78 is 0. The van der Waals surface area contributed by atoms with E-state index in [-0.39, 0.29) is 6.54 Å². The van der Waals surface area contributed by atoms with Crippen LogP contribution in [0.1, 0.15) is 24.2 Å². The van der Waals surface area contributed by atoms with Crippen molar-refractivity contribution >= 4 is 11.9 Å². The third-order valence-corrected chi connectivity index (χ3v) is 3.48. The first-order valence-corrected chi connectivity index (χ1v) is 7.04. The minimum Gasteiger partial charge on any atom is -0.480 e. The summed E-state index contributed by atoms with van der Waals surface area (Å²) in [6.07, 6.45) is 2.21. The summed E-state index contributed by atoms with van der Waals surface area (Å²) >= 11 is 0. The summed E-state index contributed by atoms with van der Waals surface area (Å²) in [4.78, 5) is 21.7. The molecule has 20 heavy (non-hydrogen) atoms. The lowest BCUT2D eigenvalue weighted by atomic mass is 9.98. The molecule has 0 amide bonds. The highest BCUT2D eigenvalue weighted by molar-refractivity contribution is 5.68. The summed E-state index contributed by atoms with van der Waals surface area (Å²) in [5.41, 5.74) is 1.97. The third-order valence-electron chi connectivity index (χ3n) is 3.48. The van der Waals surface area contributed by atoms with Crippen LogP contribution in [0.5, 0.6) is 0 Å². The zero-order valence-electron chi connectivity index (χ0n) is 12.1. The van der Waals surface area contributed by atoms with Crippen LogP contribution < -0.4 is 10.2 Å². The molecule has 6 heteroatoms. The van der Waals surface area contributed by atoms with Crippen LogP contribution in [0.15, 0.2) is 6.07 Å². The Morgan fingerprint density at radius 1 is 1.45 bits per heavy atom. The standard InChI is InChI=1S/C14H22N4O2/c1-10-6-11(2)17-14(16-10)18-5-3-4-12(9-18)7-15-8-13(19)20/h6,12,15H,3-5,7-9H2,1-2H3,(H,19,20). The number of carbonyl (C=O) groups is 1. The minimum absolute atomic E-state index is 0.0244. The molecule has 2 N–H and O–H groups in total. The predicted molar refractivity (Wildman–Crippen MR) is 76.9 cm³/mol. The number of aromatic nitrogens is 2. The number of anilines is 1. The highest BCUT2D eigenvalue weighted by atomic mass is 16.4. The summed E-state index contributed by atoms with van der Waals surface area (Å²) in [6.45, 7) is 6.57. The molecule has 2 heterocycles. The predicted octanol–water partition coefficient (Wildman–Crippen LogP) is 0.984. The van der Waals surface area contributed by atoms with Crippen molar-refractivity contribution < 1.29 is 9.90 Å². The molecule has 0 aliphatic carbocycles. The lowest BCUT2D eigenvalue weighted by molar-refractivity contribution is -0.136. The van der Waals surface area contributed by atoms with Gasteiger partial charge in [0.25, 0.3) is 0 Å². The van der Waals surface area contributed by atoms with Gasteiger partial charge in [-0.1, -0.05) is 0 Å². The lowest BCUT2D eigenvalue weighted by Crippen LogP contribution is -2.41. The number of hydrogen-bond donors (Lipinski definition) is 2. The van der Waals surface area contributed by atoms with Gasteiger partial charge in [0.15, 0.2) is 0 Å². The van der Waals surface area contributed by atoms with Crippen LogP contribution in [0.3, 0.4) is 0 Å². The summed E-state index contributed by atoms with van der Waals surface area (Å²) in [7, 11) is 0. The van der Waals surface area contributed by atoms with E-state index in [2.05, 4.69) is 20.2 Å². The van der Waals surface area contributed by atoms with Crippen LogP contribution in [0.2, 0.25) is 0 Å². The minimum atomic E-state index is -0.810. The average molecular weight is 278 g/mol. The summed E-state index contributed by atoms with van der Waals surface area (Å²) in [5, 5.41) is 11.6. The van der Waals surface area contributed by atoms with Crippen molar-refractivity contribution in [3.63, 3.8) is 0 Å². The zero-order valence-corrected chi connectivity index (χ0v) is 12.1. The number of carboxylic acids is 1. The van der Waals surface area contributed by atoms with Crippen molar-refractivity contribution in [2.45, 2.75) is 26.7 Å². The first kappa shape index (κ1) is 14.7. The fraction of sp³-hybridized carbons (Fsp3) is 0.643. The van der Waals surface area contributed by atoms with Gasteiger partial charge in [0.05, 0.1) is 6.54 Å². The Morgan fingerprint density at radius 3 is 2.80 bits per heavy atom. The van der Waals surface area contributed by atoms with E-state index in [1.54, 1.807) is 0 Å². The number of aryl methyl sites for hydroxylation is 2. The van der Waals surface area contributed by atoms with E-state index >= 15 is 0 Å². The molecule has 0 aromatic carbocycles. The quantitative estimate of drug-likeness (QED) is 0.836. The highest BCUT2D eigenvalue weighted by Crippen LogP contribution is 2.20. The second kappa shape index (κ2) is 6.65. The molecule has 1 atom stereocenters. The van der Waals surface area contributed by atoms with E-state index < -0.39 is 5.97 Å². The van der Waals surface area contributed by atoms with Gasteiger partial charge in [-0.2, -0.15) is 0 Å². The fourth-order valence-electron chi connectivity index (χ4n) is 2.65. The molecule has 0 bridgehead atoms. The smallest absolute Gasteiger partial charge is 0.317 e. The van der Waals surface area contributed by atoms with Crippen molar-refractivity contribution in [1.82, 2.24) is 15.3 Å². The maximum absolute atomic E-state index is 10.5. The largest absolute Gasteiger partial charge is 0.480 e. The molecule has 1 aromatic heterocycles. The normalized spacial score (nSPS) is 19.1. The van der Waals surface area contributed by atoms with Crippen molar-refractivity contribution in [2.75, 3.05) is 31.1 Å². The second-order valence-electron chi connectivity index (χ2n) is 5.43. The van der Waals surface area contributed by atoms with E-state index in [0.717, 1.165) is 49.8 Å². The number of aliphatic carboxylic acids is 1. The Morgan fingerprint density at radius 2 is 2.15 bits per heavy atom. The lowest BCUT2D eigenvalue weighted by Gasteiger charge is -2.33. The molecule has 2 rings (SSSR count). The SMILES string of the molecule is Cc1cc(C)nc(N2CCCC(CNCC(=O)O)C2)n1. The maximum atomic E-state index is 10.5. The molecule has 1 aromatic rings. The molecule has 1 aliphatic heterocycles. The van der Waals surface area contributed by atoms with Crippen LogP contribution in [0.25, 0.3) is 0 Å². The number of rotatable bonds is 5. The van der Waals surface area contributed by atoms with E-state index in [1.165, 1.54) is 0 Å². The Kier molecular flexibility index (Phi) is 4.89. The Hall–Kier alpha value is -1.69. The fourth-order valence-corrected chi connectivity index (χ4v) is 2.65. The molecular weight excluding hydrogens is 256 g/mol. The van der Waals surface area contributed by atoms with Crippen LogP contribution in [-0.4, -0.2) is 47.2 Å². The monoisotopic (exact) mass is 278 g/mol. The number of nitrogens with one attached hydrogen (secondary N) is 1. The molecule has 0 radical (unpaired) electrons. The van der Waals surface area contributed by atoms with Gasteiger partial charge in [-0.25, -0.2) is 9.97 Å². The topological polar surface area (TPSA) is 78.4 Å². The van der Waals surface area contributed by atoms with E-state index in [4.69, 9.17) is 5.11 Å². The molecule has 110 valence electrons. The maximum Gasteiger partial charge on any atom is 0.317 e. The number of nitrogens with zero attached hydrogens (tertiary/aromatic N) is 3. The van der Waals surface area contributed by atoms with E-state index in [1.807, 2.05) is 19.9 Å². The van der Waals surface area contributed by atoms with Gasteiger partial charge >= 0.3 is 5.97 Å². The van der Waals surface area contributed by atoms with Crippen molar-refractivity contribution in [3.8, 4) is 0 Å². The Bertz CT molecular complexity index is 458. The summed E-state index contributed by atoms with van der Waals surface area (Å²) in [6, 6.07) is 1.97. The molecule has 1 aliphatic rings. The van der Waals surface area contributed by atoms with Crippen LogP contribution in [0, 0.1) is 19.8 Å². The van der Waals surface area contributed by atoms with Crippen molar-refractivity contribution in [3.05, 3.63) is 17.5 Å². The van der Waals surface area contributed by atoms with Gasteiger partial charge in [-0.15, -0.1) is 0 Å². The zero-order chi connectivity index (χ0) is 14.5. The van der Waals surface area contributed by atoms with Crippen LogP contribution in [-0.2, 0) is 4.79 Å². The molecule has 6 nitrogen and oxygen atoms in total. The van der Waals surface area contributed by atoms with E-state index in [9.17, 15) is 4.79 Å². The first-order chi connectivity index (χ1) is 9.54. The van der Waals surface area contributed by atoms with Crippen LogP contribution in [0.4, 0.5) is 5.95 Å². The number of carboxylic acid groups (broad SMARTS) is 1. The average Bonchev–Trinajstić information content (AvgIpc) is 2.37. The molecule has 1 unspecified atom stereocenters. The molecular formula is C14H22N4O2. The van der Waals surface area contributed by atoms with Crippen molar-refractivity contribution in [1.29, 1.82) is 0 Å². The van der Waals surface area contributed by atoms with Gasteiger partial charge < -0.3 is 15.3 Å². The van der Waals surface area contributed by atoms with Crippen LogP contribution >= 0.6 is 0 Å². The second-order valence-corrected chi connectivity index (χ2v) is 5.43. The third kappa shape index (κ3) is 4.16. The Labute approximate surface area is 119 Å². The van der Waals surface area contributed by atoms with Crippen molar-refractivity contribution in [2.24, 2.45) is 5.92 Å². The number of hydrogen-bond acceptors (Lipinski definition) is 5. The van der Waals surface area contributed by atoms with Gasteiger partial charge in [0.1, 0.15) is 0 Å². The Balaban J connectivity index is 1.94. The molecule has 0 spiro atoms. The summed E-state index contributed by atoms with van der Waals surface area (Å²) in [5.74, 6) is 0.438. The highest BCUT2D eigenvalue weighted by Gasteiger charge is 2.22. The number of piperidine rings is 1. The first-order valence-electron chi connectivity index (χ1n) is 7.04. The van der Waals surface area contributed by atoms with Gasteiger partial charge in [-0.3, -0.25) is 4.79 Å². The molecule has 1 saturated heterocycles.